The number of nitrogens with one attached hydrogen (secondary N) is 3. The second kappa shape index (κ2) is 5.79. The van der Waals surface area contributed by atoms with Crippen LogP contribution in [0.25, 0.3) is 0 Å². The molecule has 0 bridgehead atoms. The number of H-pyrrole nitrogens is 2. The Hall–Kier alpha value is -2.62. The van der Waals surface area contributed by atoms with Crippen LogP contribution in [0.4, 0.5) is 5.69 Å². The molecule has 2 aromatic rings. The van der Waals surface area contributed by atoms with Crippen LogP contribution in [0.1, 0.15) is 17.3 Å². The van der Waals surface area contributed by atoms with E-state index in [1.807, 2.05) is 0 Å². The van der Waals surface area contributed by atoms with E-state index in [4.69, 9.17) is 4.74 Å². The van der Waals surface area contributed by atoms with E-state index >= 15 is 0 Å². The third-order valence-electron chi connectivity index (χ3n) is 2.40. The highest BCUT2D eigenvalue weighted by Crippen LogP contribution is 2.17. The summed E-state index contributed by atoms with van der Waals surface area (Å²) in [6, 6.07) is 2.45. The predicted octanol–water partition coefficient (Wildman–Crippen LogP) is 0.0755. The fraction of sp³-hybridized carbons (Fsp3) is 0.182. The van der Waals surface area contributed by atoms with Crippen LogP contribution in [0.2, 0.25) is 0 Å². The average molecular weight is 312 g/mol. The van der Waals surface area contributed by atoms with E-state index in [2.05, 4.69) is 19.9 Å². The summed E-state index contributed by atoms with van der Waals surface area (Å²) < 4.78 is 31.3. The molecular formula is C11H12N4O5S. The van der Waals surface area contributed by atoms with Crippen molar-refractivity contribution in [2.24, 2.45) is 0 Å². The maximum absolute atomic E-state index is 12.2. The van der Waals surface area contributed by atoms with E-state index in [9.17, 15) is 18.0 Å². The second-order valence-electron chi connectivity index (χ2n) is 3.88. The Balaban J connectivity index is 2.32. The highest BCUT2D eigenvalue weighted by molar-refractivity contribution is 7.92. The van der Waals surface area contributed by atoms with Gasteiger partial charge in [0.25, 0.3) is 10.0 Å². The molecule has 2 heterocycles. The molecule has 0 aromatic carbocycles. The molecule has 0 atom stereocenters. The molecule has 2 aromatic heterocycles. The van der Waals surface area contributed by atoms with Crippen molar-refractivity contribution in [1.82, 2.24) is 15.2 Å². The fourth-order valence-corrected chi connectivity index (χ4v) is 2.65. The number of anilines is 1. The molecule has 0 saturated heterocycles. The first-order chi connectivity index (χ1) is 9.94. The number of sulfonamides is 1. The number of hydrogen-bond donors (Lipinski definition) is 3. The second-order valence-corrected chi connectivity index (χ2v) is 5.50. The molecule has 0 saturated carbocycles. The molecule has 9 nitrogen and oxygen atoms in total. The monoisotopic (exact) mass is 312 g/mol. The van der Waals surface area contributed by atoms with Gasteiger partial charge >= 0.3 is 5.97 Å². The normalized spacial score (nSPS) is 11.1. The van der Waals surface area contributed by atoms with Crippen molar-refractivity contribution in [1.29, 1.82) is 0 Å². The number of aromatic nitrogens is 3. The van der Waals surface area contributed by atoms with Crippen molar-refractivity contribution in [2.75, 3.05) is 11.3 Å². The van der Waals surface area contributed by atoms with Crippen LogP contribution in [0.3, 0.4) is 0 Å². The summed E-state index contributed by atoms with van der Waals surface area (Å²) >= 11 is 0. The van der Waals surface area contributed by atoms with Gasteiger partial charge in [-0.2, -0.15) is 13.5 Å². The highest BCUT2D eigenvalue weighted by atomic mass is 32.2. The Morgan fingerprint density at radius 3 is 2.81 bits per heavy atom. The average Bonchev–Trinajstić information content (AvgIpc) is 2.92. The van der Waals surface area contributed by atoms with Gasteiger partial charge in [0.2, 0.25) is 5.56 Å². The fourth-order valence-electron chi connectivity index (χ4n) is 1.51. The largest absolute Gasteiger partial charge is 0.462 e. The van der Waals surface area contributed by atoms with E-state index < -0.39 is 21.0 Å². The minimum atomic E-state index is -4.07. The molecule has 0 amide bonds. The number of ether oxygens (including phenoxy) is 1. The number of carbonyl (C=O) groups excluding carboxylic acids is 1. The van der Waals surface area contributed by atoms with E-state index in [-0.39, 0.29) is 23.4 Å². The zero-order chi connectivity index (χ0) is 15.5. The zero-order valence-electron chi connectivity index (χ0n) is 10.9. The molecule has 2 rings (SSSR count). The highest BCUT2D eigenvalue weighted by Gasteiger charge is 2.26. The number of carbonyl (C=O) groups is 1. The number of esters is 1. The van der Waals surface area contributed by atoms with Gasteiger partial charge < -0.3 is 9.72 Å². The Kier molecular flexibility index (Phi) is 4.08. The number of pyridine rings is 1. The first kappa shape index (κ1) is 14.8. The van der Waals surface area contributed by atoms with Crippen molar-refractivity contribution in [3.63, 3.8) is 0 Å². The van der Waals surface area contributed by atoms with E-state index in [0.29, 0.717) is 0 Å². The third kappa shape index (κ3) is 3.28. The molecule has 0 spiro atoms. The van der Waals surface area contributed by atoms with Gasteiger partial charge in [0.15, 0.2) is 5.03 Å². The van der Waals surface area contributed by atoms with Crippen molar-refractivity contribution >= 4 is 21.7 Å². The number of hydrogen-bond acceptors (Lipinski definition) is 6. The molecule has 3 N–H and O–H groups in total. The van der Waals surface area contributed by atoms with Gasteiger partial charge in [-0.25, -0.2) is 4.79 Å². The van der Waals surface area contributed by atoms with Crippen LogP contribution < -0.4 is 10.3 Å². The maximum Gasteiger partial charge on any atom is 0.342 e. The topological polar surface area (TPSA) is 134 Å². The summed E-state index contributed by atoms with van der Waals surface area (Å²) in [4.78, 5) is 24.9. The van der Waals surface area contributed by atoms with Gasteiger partial charge in [0, 0.05) is 12.3 Å². The van der Waals surface area contributed by atoms with Gasteiger partial charge in [-0.05, 0) is 13.0 Å². The summed E-state index contributed by atoms with van der Waals surface area (Å²) in [6.07, 6.45) is 2.26. The van der Waals surface area contributed by atoms with Crippen LogP contribution in [0.5, 0.6) is 0 Å². The summed E-state index contributed by atoms with van der Waals surface area (Å²) in [6.45, 7) is 1.71. The van der Waals surface area contributed by atoms with E-state index in [0.717, 1.165) is 12.3 Å². The predicted molar refractivity (Wildman–Crippen MR) is 72.4 cm³/mol. The van der Waals surface area contributed by atoms with Crippen LogP contribution in [0.15, 0.2) is 34.3 Å². The summed E-state index contributed by atoms with van der Waals surface area (Å²) in [5, 5.41) is 5.38. The molecule has 112 valence electrons. The van der Waals surface area contributed by atoms with Gasteiger partial charge in [0.05, 0.1) is 18.5 Å². The molecular weight excluding hydrogens is 300 g/mol. The smallest absolute Gasteiger partial charge is 0.342 e. The summed E-state index contributed by atoms with van der Waals surface area (Å²) in [5.41, 5.74) is -0.431. The molecule has 0 unspecified atom stereocenters. The lowest BCUT2D eigenvalue weighted by Gasteiger charge is -2.07. The van der Waals surface area contributed by atoms with Gasteiger partial charge in [0.1, 0.15) is 5.56 Å². The number of rotatable bonds is 5. The lowest BCUT2D eigenvalue weighted by molar-refractivity contribution is 0.0522. The molecule has 21 heavy (non-hydrogen) atoms. The first-order valence-corrected chi connectivity index (χ1v) is 7.34. The van der Waals surface area contributed by atoms with Gasteiger partial charge in [-0.3, -0.25) is 14.6 Å². The Bertz CT molecular complexity index is 788. The van der Waals surface area contributed by atoms with Crippen molar-refractivity contribution < 1.29 is 17.9 Å². The summed E-state index contributed by atoms with van der Waals surface area (Å²) in [7, 11) is -4.07. The van der Waals surface area contributed by atoms with Gasteiger partial charge in [-0.15, -0.1) is 0 Å². The Labute approximate surface area is 119 Å². The molecule has 0 aliphatic heterocycles. The molecule has 0 aliphatic carbocycles. The minimum absolute atomic E-state index is 0.108. The molecule has 0 radical (unpaired) electrons. The number of nitrogens with zero attached hydrogens (tertiary/aromatic N) is 1. The summed E-state index contributed by atoms with van der Waals surface area (Å²) in [5.74, 6) is -0.798. The standard InChI is InChI=1S/C11H12N4O5S/c1-2-20-11(17)8-6-13-14-10(8)21(18,19)15-7-3-4-9(16)12-5-7/h3-6,15H,2H2,1H3,(H,12,16)(H,13,14). The SMILES string of the molecule is CCOC(=O)c1cn[nH]c1S(=O)(=O)Nc1ccc(=O)[nH]c1. The Morgan fingerprint density at radius 1 is 1.43 bits per heavy atom. The minimum Gasteiger partial charge on any atom is -0.462 e. The first-order valence-electron chi connectivity index (χ1n) is 5.86. The molecule has 0 aliphatic rings. The van der Waals surface area contributed by atoms with Crippen LogP contribution in [-0.2, 0) is 14.8 Å². The lowest BCUT2D eigenvalue weighted by atomic mass is 10.4. The zero-order valence-corrected chi connectivity index (χ0v) is 11.7. The third-order valence-corrected chi connectivity index (χ3v) is 3.76. The molecule has 0 fully saturated rings. The van der Waals surface area contributed by atoms with Crippen LogP contribution in [-0.4, -0.2) is 36.2 Å². The number of aromatic amines is 2. The van der Waals surface area contributed by atoms with Crippen LogP contribution in [0, 0.1) is 0 Å². The quantitative estimate of drug-likeness (QED) is 0.669. The van der Waals surface area contributed by atoms with Crippen molar-refractivity contribution in [2.45, 2.75) is 11.9 Å². The van der Waals surface area contributed by atoms with Gasteiger partial charge in [-0.1, -0.05) is 0 Å². The molecule has 10 heteroatoms. The van der Waals surface area contributed by atoms with Crippen molar-refractivity contribution in [3.05, 3.63) is 40.4 Å². The lowest BCUT2D eigenvalue weighted by Crippen LogP contribution is -2.18. The van der Waals surface area contributed by atoms with Crippen LogP contribution >= 0.6 is 0 Å². The Morgan fingerprint density at radius 2 is 2.19 bits per heavy atom. The maximum atomic E-state index is 12.2. The van der Waals surface area contributed by atoms with E-state index in [1.54, 1.807) is 6.92 Å². The van der Waals surface area contributed by atoms with Crippen molar-refractivity contribution in [3.8, 4) is 0 Å². The van der Waals surface area contributed by atoms with E-state index in [1.165, 1.54) is 12.3 Å².